The smallest absolute Gasteiger partial charge is 0.290 e. The van der Waals surface area contributed by atoms with Crippen LogP contribution in [0.1, 0.15) is 37.7 Å². The number of hydrogen-bond donors (Lipinski definition) is 1. The molecule has 2 aliphatic heterocycles. The van der Waals surface area contributed by atoms with Crippen molar-refractivity contribution in [3.8, 4) is 0 Å². The van der Waals surface area contributed by atoms with Gasteiger partial charge in [-0.25, -0.2) is 0 Å². The third kappa shape index (κ3) is 4.43. The average Bonchev–Trinajstić information content (AvgIpc) is 3.03. The van der Waals surface area contributed by atoms with Crippen LogP contribution < -0.4 is 4.90 Å². The van der Waals surface area contributed by atoms with Crippen molar-refractivity contribution >= 4 is 18.1 Å². The standard InChI is InChI=1S/C19H28N2O2.CH2O2/c1-16-6-8-17(9-7-16)21-14-4-11-19(18(21)22)10-3-12-20(19)13-5-15-23-2;2-1-3/h6-9H,3-5,10-15H2,1-2H3;1H,(H,2,3). The second-order valence-corrected chi connectivity index (χ2v) is 6.97. The highest BCUT2D eigenvalue weighted by molar-refractivity contribution is 6.01. The van der Waals surface area contributed by atoms with Crippen molar-refractivity contribution in [1.29, 1.82) is 0 Å². The highest BCUT2D eigenvalue weighted by Gasteiger charge is 2.50. The second-order valence-electron chi connectivity index (χ2n) is 6.97. The van der Waals surface area contributed by atoms with Crippen LogP contribution in [-0.4, -0.2) is 61.3 Å². The molecule has 1 N–H and O–H groups in total. The third-order valence-electron chi connectivity index (χ3n) is 5.36. The van der Waals surface area contributed by atoms with Gasteiger partial charge in [0.15, 0.2) is 0 Å². The summed E-state index contributed by atoms with van der Waals surface area (Å²) in [5.41, 5.74) is 2.01. The molecule has 26 heavy (non-hydrogen) atoms. The molecule has 1 aromatic rings. The first-order valence-corrected chi connectivity index (χ1v) is 9.29. The van der Waals surface area contributed by atoms with Crippen LogP contribution in [-0.2, 0) is 14.3 Å². The number of piperidine rings is 1. The van der Waals surface area contributed by atoms with Crippen molar-refractivity contribution in [2.45, 2.75) is 44.6 Å². The summed E-state index contributed by atoms with van der Waals surface area (Å²) in [7, 11) is 1.74. The molecule has 6 nitrogen and oxygen atoms in total. The van der Waals surface area contributed by atoms with E-state index in [1.807, 2.05) is 4.90 Å². The zero-order chi connectivity index (χ0) is 19.0. The van der Waals surface area contributed by atoms with Crippen LogP contribution in [0.15, 0.2) is 24.3 Å². The van der Waals surface area contributed by atoms with E-state index in [9.17, 15) is 4.79 Å². The summed E-state index contributed by atoms with van der Waals surface area (Å²) >= 11 is 0. The van der Waals surface area contributed by atoms with Crippen molar-refractivity contribution < 1.29 is 19.4 Å². The van der Waals surface area contributed by atoms with Gasteiger partial charge in [-0.15, -0.1) is 0 Å². The average molecular weight is 362 g/mol. The van der Waals surface area contributed by atoms with Crippen LogP contribution in [0.25, 0.3) is 0 Å². The first-order valence-electron chi connectivity index (χ1n) is 9.29. The minimum Gasteiger partial charge on any atom is -0.483 e. The van der Waals surface area contributed by atoms with Gasteiger partial charge in [0.25, 0.3) is 6.47 Å². The largest absolute Gasteiger partial charge is 0.483 e. The first-order chi connectivity index (χ1) is 12.6. The molecule has 0 radical (unpaired) electrons. The molecule has 1 aromatic carbocycles. The quantitative estimate of drug-likeness (QED) is 0.644. The maximum absolute atomic E-state index is 13.3. The topological polar surface area (TPSA) is 70.1 Å². The Hall–Kier alpha value is -1.92. The summed E-state index contributed by atoms with van der Waals surface area (Å²) in [5, 5.41) is 6.89. The van der Waals surface area contributed by atoms with Crippen LogP contribution in [0.2, 0.25) is 0 Å². The lowest BCUT2D eigenvalue weighted by Crippen LogP contribution is -2.60. The highest BCUT2D eigenvalue weighted by atomic mass is 16.5. The molecule has 6 heteroatoms. The first kappa shape index (κ1) is 20.4. The summed E-state index contributed by atoms with van der Waals surface area (Å²) in [6, 6.07) is 8.34. The lowest BCUT2D eigenvalue weighted by Gasteiger charge is -2.44. The molecule has 1 atom stereocenters. The highest BCUT2D eigenvalue weighted by Crippen LogP contribution is 2.39. The molecule has 3 rings (SSSR count). The monoisotopic (exact) mass is 362 g/mol. The van der Waals surface area contributed by atoms with Gasteiger partial charge in [-0.1, -0.05) is 17.7 Å². The SMILES string of the molecule is COCCCN1CCCC12CCCN(c1ccc(C)cc1)C2=O.O=CO. The zero-order valence-corrected chi connectivity index (χ0v) is 15.8. The summed E-state index contributed by atoms with van der Waals surface area (Å²) in [4.78, 5) is 26.1. The fourth-order valence-electron chi connectivity index (χ4n) is 4.15. The van der Waals surface area contributed by atoms with Gasteiger partial charge in [-0.05, 0) is 57.7 Å². The Balaban J connectivity index is 0.000000758. The van der Waals surface area contributed by atoms with Crippen molar-refractivity contribution in [3.05, 3.63) is 29.8 Å². The molecular formula is C20H30N2O4. The van der Waals surface area contributed by atoms with Crippen molar-refractivity contribution in [3.63, 3.8) is 0 Å². The minimum absolute atomic E-state index is 0.250. The third-order valence-corrected chi connectivity index (χ3v) is 5.36. The van der Waals surface area contributed by atoms with Crippen LogP contribution in [0.3, 0.4) is 0 Å². The van der Waals surface area contributed by atoms with Crippen molar-refractivity contribution in [2.24, 2.45) is 0 Å². The molecule has 2 aliphatic rings. The summed E-state index contributed by atoms with van der Waals surface area (Å²) < 4.78 is 5.18. The molecule has 2 heterocycles. The normalized spacial score (nSPS) is 23.0. The van der Waals surface area contributed by atoms with Gasteiger partial charge < -0.3 is 14.7 Å². The molecule has 1 amide bonds. The van der Waals surface area contributed by atoms with E-state index in [4.69, 9.17) is 14.6 Å². The van der Waals surface area contributed by atoms with E-state index >= 15 is 0 Å². The molecule has 0 bridgehead atoms. The number of amides is 1. The lowest BCUT2D eigenvalue weighted by atomic mass is 9.85. The Morgan fingerprint density at radius 2 is 1.81 bits per heavy atom. The van der Waals surface area contributed by atoms with Gasteiger partial charge in [-0.3, -0.25) is 14.5 Å². The van der Waals surface area contributed by atoms with Gasteiger partial charge in [-0.2, -0.15) is 0 Å². The van der Waals surface area contributed by atoms with Crippen molar-refractivity contribution in [1.82, 2.24) is 4.90 Å². The van der Waals surface area contributed by atoms with Crippen LogP contribution >= 0.6 is 0 Å². The summed E-state index contributed by atoms with van der Waals surface area (Å²) in [5.74, 6) is 0.308. The van der Waals surface area contributed by atoms with Gasteiger partial charge in [0, 0.05) is 32.5 Å². The van der Waals surface area contributed by atoms with E-state index in [-0.39, 0.29) is 12.0 Å². The van der Waals surface area contributed by atoms with E-state index in [2.05, 4.69) is 36.1 Å². The Morgan fingerprint density at radius 3 is 2.42 bits per heavy atom. The molecule has 1 spiro atoms. The molecule has 2 saturated heterocycles. The number of benzene rings is 1. The number of likely N-dealkylation sites (tertiary alicyclic amines) is 1. The fraction of sp³-hybridized carbons (Fsp3) is 0.600. The molecule has 0 saturated carbocycles. The molecular weight excluding hydrogens is 332 g/mol. The zero-order valence-electron chi connectivity index (χ0n) is 15.8. The number of anilines is 1. The van der Waals surface area contributed by atoms with Crippen LogP contribution in [0, 0.1) is 6.92 Å². The van der Waals surface area contributed by atoms with E-state index in [1.165, 1.54) is 5.56 Å². The maximum Gasteiger partial charge on any atom is 0.290 e. The van der Waals surface area contributed by atoms with E-state index in [0.717, 1.165) is 64.0 Å². The Labute approximate surface area is 155 Å². The number of ether oxygens (including phenoxy) is 1. The number of carboxylic acid groups (broad SMARTS) is 1. The Kier molecular flexibility index (Phi) is 7.60. The Bertz CT molecular complexity index is 590. The van der Waals surface area contributed by atoms with Crippen LogP contribution in [0.4, 0.5) is 5.69 Å². The molecule has 144 valence electrons. The number of hydrogen-bond acceptors (Lipinski definition) is 4. The number of carbonyl (C=O) groups is 2. The molecule has 2 fully saturated rings. The number of aryl methyl sites for hydroxylation is 1. The van der Waals surface area contributed by atoms with Gasteiger partial charge in [0.2, 0.25) is 5.91 Å². The van der Waals surface area contributed by atoms with Gasteiger partial charge in [0.05, 0.1) is 0 Å². The predicted molar refractivity (Wildman–Crippen MR) is 101 cm³/mol. The predicted octanol–water partition coefficient (Wildman–Crippen LogP) is 2.69. The Morgan fingerprint density at radius 1 is 1.19 bits per heavy atom. The number of carbonyl (C=O) groups excluding carboxylic acids is 1. The summed E-state index contributed by atoms with van der Waals surface area (Å²) in [6.45, 7) is 5.44. The number of rotatable bonds is 5. The van der Waals surface area contributed by atoms with E-state index in [0.29, 0.717) is 5.91 Å². The van der Waals surface area contributed by atoms with Crippen molar-refractivity contribution in [2.75, 3.05) is 38.3 Å². The second kappa shape index (κ2) is 9.69. The van der Waals surface area contributed by atoms with E-state index < -0.39 is 0 Å². The molecule has 1 unspecified atom stereocenters. The number of nitrogens with zero attached hydrogens (tertiary/aromatic N) is 2. The fourth-order valence-corrected chi connectivity index (χ4v) is 4.15. The van der Waals surface area contributed by atoms with E-state index in [1.54, 1.807) is 7.11 Å². The van der Waals surface area contributed by atoms with Crippen LogP contribution in [0.5, 0.6) is 0 Å². The molecule has 0 aliphatic carbocycles. The molecule has 0 aromatic heterocycles. The number of methoxy groups -OCH3 is 1. The maximum atomic E-state index is 13.3. The minimum atomic E-state index is -0.267. The summed E-state index contributed by atoms with van der Waals surface area (Å²) in [6.07, 6.45) is 5.21. The van der Waals surface area contributed by atoms with Gasteiger partial charge >= 0.3 is 0 Å². The van der Waals surface area contributed by atoms with Gasteiger partial charge in [0.1, 0.15) is 5.54 Å². The lowest BCUT2D eigenvalue weighted by molar-refractivity contribution is -0.131.